The van der Waals surface area contributed by atoms with Crippen LogP contribution in [0.15, 0.2) is 29.2 Å². The Kier molecular flexibility index (Phi) is 4.18. The SMILES string of the molecule is O=S(=O)(c1ccccc1C(F)(F)F)N1CC[C@]2(CCCNC2)C1. The summed E-state index contributed by atoms with van der Waals surface area (Å²) < 4.78 is 66.0. The van der Waals surface area contributed by atoms with Gasteiger partial charge in [0.15, 0.2) is 0 Å². The Morgan fingerprint density at radius 1 is 1.17 bits per heavy atom. The van der Waals surface area contributed by atoms with Crippen molar-refractivity contribution >= 4 is 10.0 Å². The molecule has 0 radical (unpaired) electrons. The summed E-state index contributed by atoms with van der Waals surface area (Å²) in [6.45, 7) is 2.19. The van der Waals surface area contributed by atoms with Gasteiger partial charge in [0.05, 0.1) is 10.5 Å². The molecule has 0 aromatic heterocycles. The second kappa shape index (κ2) is 5.75. The van der Waals surface area contributed by atoms with Crippen molar-refractivity contribution in [3.05, 3.63) is 29.8 Å². The molecule has 0 amide bonds. The third-order valence-corrected chi connectivity index (χ3v) is 6.68. The van der Waals surface area contributed by atoms with Gasteiger partial charge in [-0.05, 0) is 43.4 Å². The number of benzene rings is 1. The van der Waals surface area contributed by atoms with Crippen molar-refractivity contribution in [1.82, 2.24) is 9.62 Å². The molecular weight excluding hydrogens is 329 g/mol. The third kappa shape index (κ3) is 3.12. The van der Waals surface area contributed by atoms with Crippen molar-refractivity contribution in [2.75, 3.05) is 26.2 Å². The number of nitrogens with one attached hydrogen (secondary N) is 1. The number of halogens is 3. The molecule has 23 heavy (non-hydrogen) atoms. The maximum Gasteiger partial charge on any atom is 0.417 e. The zero-order chi connectivity index (χ0) is 16.7. The van der Waals surface area contributed by atoms with E-state index in [-0.39, 0.29) is 18.5 Å². The highest BCUT2D eigenvalue weighted by molar-refractivity contribution is 7.89. The van der Waals surface area contributed by atoms with E-state index in [1.807, 2.05) is 0 Å². The van der Waals surface area contributed by atoms with Crippen molar-refractivity contribution in [2.24, 2.45) is 5.41 Å². The molecule has 8 heteroatoms. The Hall–Kier alpha value is -1.12. The maximum atomic E-state index is 13.1. The van der Waals surface area contributed by atoms with E-state index in [0.717, 1.165) is 38.1 Å². The van der Waals surface area contributed by atoms with Crippen LogP contribution < -0.4 is 5.32 Å². The van der Waals surface area contributed by atoms with E-state index >= 15 is 0 Å². The normalized spacial score (nSPS) is 26.7. The minimum absolute atomic E-state index is 0.140. The summed E-state index contributed by atoms with van der Waals surface area (Å²) in [6, 6.07) is 4.40. The molecule has 0 bridgehead atoms. The number of hydrogen-bond acceptors (Lipinski definition) is 3. The lowest BCUT2D eigenvalue weighted by Gasteiger charge is -2.33. The minimum atomic E-state index is -4.69. The number of rotatable bonds is 2. The quantitative estimate of drug-likeness (QED) is 0.893. The fraction of sp³-hybridized carbons (Fsp3) is 0.600. The molecule has 1 aromatic rings. The van der Waals surface area contributed by atoms with Crippen LogP contribution in [0.25, 0.3) is 0 Å². The van der Waals surface area contributed by atoms with Gasteiger partial charge in [-0.15, -0.1) is 0 Å². The molecule has 3 rings (SSSR count). The van der Waals surface area contributed by atoms with Crippen LogP contribution in [0.1, 0.15) is 24.8 Å². The predicted molar refractivity (Wildman–Crippen MR) is 79.4 cm³/mol. The first-order valence-corrected chi connectivity index (χ1v) is 9.06. The first kappa shape index (κ1) is 16.7. The number of alkyl halides is 3. The van der Waals surface area contributed by atoms with Crippen LogP contribution in [-0.2, 0) is 16.2 Å². The first-order chi connectivity index (χ1) is 10.7. The monoisotopic (exact) mass is 348 g/mol. The van der Waals surface area contributed by atoms with Crippen molar-refractivity contribution in [3.63, 3.8) is 0 Å². The Bertz CT molecular complexity index is 682. The van der Waals surface area contributed by atoms with E-state index in [0.29, 0.717) is 6.42 Å². The van der Waals surface area contributed by atoms with Gasteiger partial charge >= 0.3 is 6.18 Å². The first-order valence-electron chi connectivity index (χ1n) is 7.62. The number of sulfonamides is 1. The van der Waals surface area contributed by atoms with Crippen molar-refractivity contribution in [1.29, 1.82) is 0 Å². The predicted octanol–water partition coefficient (Wildman–Crippen LogP) is 2.47. The molecule has 2 fully saturated rings. The number of hydrogen-bond donors (Lipinski definition) is 1. The summed E-state index contributed by atoms with van der Waals surface area (Å²) in [5.74, 6) is 0. The maximum absolute atomic E-state index is 13.1. The lowest BCUT2D eigenvalue weighted by Crippen LogP contribution is -2.42. The highest BCUT2D eigenvalue weighted by atomic mass is 32.2. The lowest BCUT2D eigenvalue weighted by atomic mass is 9.80. The van der Waals surface area contributed by atoms with Crippen LogP contribution in [-0.4, -0.2) is 38.9 Å². The molecule has 4 nitrogen and oxygen atoms in total. The summed E-state index contributed by atoms with van der Waals surface area (Å²) in [7, 11) is -4.14. The van der Waals surface area contributed by atoms with E-state index in [1.165, 1.54) is 16.4 Å². The van der Waals surface area contributed by atoms with Crippen molar-refractivity contribution in [2.45, 2.75) is 30.3 Å². The fourth-order valence-electron chi connectivity index (χ4n) is 3.54. The van der Waals surface area contributed by atoms with Gasteiger partial charge in [0.1, 0.15) is 0 Å². The van der Waals surface area contributed by atoms with Crippen LogP contribution >= 0.6 is 0 Å². The molecule has 2 heterocycles. The average Bonchev–Trinajstić information content (AvgIpc) is 2.91. The molecule has 2 saturated heterocycles. The average molecular weight is 348 g/mol. The second-order valence-corrected chi connectivity index (χ2v) is 8.27. The van der Waals surface area contributed by atoms with Gasteiger partial charge in [-0.2, -0.15) is 17.5 Å². The summed E-state index contributed by atoms with van der Waals surface area (Å²) in [6.07, 6.45) is -2.12. The minimum Gasteiger partial charge on any atom is -0.316 e. The Morgan fingerprint density at radius 3 is 2.57 bits per heavy atom. The standard InChI is InChI=1S/C15H19F3N2O2S/c16-15(17,18)12-4-1-2-5-13(12)23(21,22)20-9-7-14(11-20)6-3-8-19-10-14/h1-2,4-5,19H,3,6-11H2/t14-/m0/s1. The van der Waals surface area contributed by atoms with E-state index in [2.05, 4.69) is 5.32 Å². The molecule has 0 saturated carbocycles. The zero-order valence-electron chi connectivity index (χ0n) is 12.6. The summed E-state index contributed by atoms with van der Waals surface area (Å²) in [4.78, 5) is -0.645. The molecule has 1 aromatic carbocycles. The highest BCUT2D eigenvalue weighted by Crippen LogP contribution is 2.41. The Balaban J connectivity index is 1.92. The molecule has 0 unspecified atom stereocenters. The number of nitrogens with zero attached hydrogens (tertiary/aromatic N) is 1. The van der Waals surface area contributed by atoms with Crippen LogP contribution in [0, 0.1) is 5.41 Å². The van der Waals surface area contributed by atoms with Crippen molar-refractivity contribution in [3.8, 4) is 0 Å². The van der Waals surface area contributed by atoms with Gasteiger partial charge in [-0.25, -0.2) is 8.42 Å². The van der Waals surface area contributed by atoms with Gasteiger partial charge in [0.25, 0.3) is 0 Å². The van der Waals surface area contributed by atoms with Crippen LogP contribution in [0.4, 0.5) is 13.2 Å². The molecular formula is C15H19F3N2O2S. The van der Waals surface area contributed by atoms with Gasteiger partial charge < -0.3 is 5.32 Å². The lowest BCUT2D eigenvalue weighted by molar-refractivity contribution is -0.139. The molecule has 1 N–H and O–H groups in total. The topological polar surface area (TPSA) is 49.4 Å². The molecule has 1 atom stereocenters. The third-order valence-electron chi connectivity index (χ3n) is 4.77. The zero-order valence-corrected chi connectivity index (χ0v) is 13.4. The van der Waals surface area contributed by atoms with Gasteiger partial charge in [0, 0.05) is 19.6 Å². The van der Waals surface area contributed by atoms with E-state index in [1.54, 1.807) is 0 Å². The van der Waals surface area contributed by atoms with E-state index in [9.17, 15) is 21.6 Å². The van der Waals surface area contributed by atoms with Gasteiger partial charge in [0.2, 0.25) is 10.0 Å². The summed E-state index contributed by atoms with van der Waals surface area (Å²) >= 11 is 0. The molecule has 2 aliphatic heterocycles. The molecule has 2 aliphatic rings. The highest BCUT2D eigenvalue weighted by Gasteiger charge is 2.45. The largest absolute Gasteiger partial charge is 0.417 e. The van der Waals surface area contributed by atoms with E-state index < -0.39 is 26.7 Å². The molecule has 128 valence electrons. The second-order valence-electron chi connectivity index (χ2n) is 6.36. The smallest absolute Gasteiger partial charge is 0.316 e. The van der Waals surface area contributed by atoms with Crippen LogP contribution in [0.5, 0.6) is 0 Å². The number of piperidine rings is 1. The van der Waals surface area contributed by atoms with E-state index in [4.69, 9.17) is 0 Å². The van der Waals surface area contributed by atoms with Gasteiger partial charge in [-0.3, -0.25) is 0 Å². The Labute approximate surface area is 133 Å². The van der Waals surface area contributed by atoms with Gasteiger partial charge in [-0.1, -0.05) is 12.1 Å². The summed E-state index contributed by atoms with van der Waals surface area (Å²) in [5.41, 5.74) is -1.24. The fourth-order valence-corrected chi connectivity index (χ4v) is 5.31. The van der Waals surface area contributed by atoms with Crippen LogP contribution in [0.2, 0.25) is 0 Å². The van der Waals surface area contributed by atoms with Crippen LogP contribution in [0.3, 0.4) is 0 Å². The summed E-state index contributed by atoms with van der Waals surface area (Å²) in [5, 5.41) is 3.26. The van der Waals surface area contributed by atoms with Crippen molar-refractivity contribution < 1.29 is 21.6 Å². The Morgan fingerprint density at radius 2 is 1.91 bits per heavy atom. The molecule has 1 spiro atoms. The molecule has 0 aliphatic carbocycles.